The van der Waals surface area contributed by atoms with Crippen molar-refractivity contribution in [2.75, 3.05) is 5.32 Å². The highest BCUT2D eigenvalue weighted by molar-refractivity contribution is 5.93. The maximum Gasteiger partial charge on any atom is 0.339 e. The Morgan fingerprint density at radius 2 is 1.86 bits per heavy atom. The molecule has 0 spiro atoms. The fourth-order valence-corrected chi connectivity index (χ4v) is 1.84. The summed E-state index contributed by atoms with van der Waals surface area (Å²) in [7, 11) is 0. The molecule has 1 aromatic rings. The lowest BCUT2D eigenvalue weighted by molar-refractivity contribution is 0.0694. The number of aromatic hydroxyl groups is 1. The summed E-state index contributed by atoms with van der Waals surface area (Å²) >= 11 is 0. The number of carbonyl (C=O) groups is 2. The van der Waals surface area contributed by atoms with Gasteiger partial charge in [0.1, 0.15) is 11.3 Å². The van der Waals surface area contributed by atoms with Gasteiger partial charge in [-0.2, -0.15) is 0 Å². The Morgan fingerprint density at radius 1 is 1.19 bits per heavy atom. The van der Waals surface area contributed by atoms with Crippen LogP contribution in [0, 0.1) is 5.92 Å². The van der Waals surface area contributed by atoms with Crippen molar-refractivity contribution >= 4 is 17.7 Å². The number of amides is 2. The van der Waals surface area contributed by atoms with E-state index >= 15 is 0 Å². The minimum Gasteiger partial charge on any atom is -0.507 e. The Bertz CT molecular complexity index is 514. The number of hydrogen-bond donors (Lipinski definition) is 4. The van der Waals surface area contributed by atoms with E-state index < -0.39 is 5.97 Å². The Morgan fingerprint density at radius 3 is 2.38 bits per heavy atom. The largest absolute Gasteiger partial charge is 0.507 e. The van der Waals surface area contributed by atoms with Crippen LogP contribution in [0.1, 0.15) is 44.0 Å². The van der Waals surface area contributed by atoms with E-state index in [4.69, 9.17) is 5.11 Å². The Balaban J connectivity index is 2.55. The molecule has 0 fully saturated rings. The zero-order chi connectivity index (χ0) is 16.0. The van der Waals surface area contributed by atoms with Gasteiger partial charge >= 0.3 is 12.0 Å². The standard InChI is InChI=1S/C15H22N2O4/c1-9(2)4-5-10(3)16-15(21)17-11-6-7-12(14(19)20)13(18)8-11/h6-10,18H,4-5H2,1-3H3,(H,19,20)(H2,16,17,21). The quantitative estimate of drug-likeness (QED) is 0.648. The predicted molar refractivity (Wildman–Crippen MR) is 80.8 cm³/mol. The van der Waals surface area contributed by atoms with E-state index in [0.717, 1.165) is 12.8 Å². The summed E-state index contributed by atoms with van der Waals surface area (Å²) in [5.41, 5.74) is 0.136. The summed E-state index contributed by atoms with van der Waals surface area (Å²) in [6, 6.07) is 3.55. The van der Waals surface area contributed by atoms with E-state index in [1.54, 1.807) is 0 Å². The maximum atomic E-state index is 11.8. The minimum absolute atomic E-state index is 0.0410. The fourth-order valence-electron chi connectivity index (χ4n) is 1.84. The van der Waals surface area contributed by atoms with E-state index in [-0.39, 0.29) is 23.4 Å². The molecule has 6 heteroatoms. The molecule has 0 bridgehead atoms. The van der Waals surface area contributed by atoms with Crippen molar-refractivity contribution in [3.8, 4) is 5.75 Å². The SMILES string of the molecule is CC(C)CCC(C)NC(=O)Nc1ccc(C(=O)O)c(O)c1. The molecule has 6 nitrogen and oxygen atoms in total. The van der Waals surface area contributed by atoms with Gasteiger partial charge in [-0.1, -0.05) is 13.8 Å². The number of phenols is 1. The summed E-state index contributed by atoms with van der Waals surface area (Å²) in [5.74, 6) is -1.02. The molecule has 1 unspecified atom stereocenters. The highest BCUT2D eigenvalue weighted by Crippen LogP contribution is 2.21. The number of carboxylic acids is 1. The van der Waals surface area contributed by atoms with Crippen LogP contribution >= 0.6 is 0 Å². The monoisotopic (exact) mass is 294 g/mol. The van der Waals surface area contributed by atoms with Crippen molar-refractivity contribution in [1.29, 1.82) is 0 Å². The topological polar surface area (TPSA) is 98.7 Å². The van der Waals surface area contributed by atoms with Crippen LogP contribution in [0.4, 0.5) is 10.5 Å². The summed E-state index contributed by atoms with van der Waals surface area (Å²) in [5, 5.41) is 23.7. The van der Waals surface area contributed by atoms with Gasteiger partial charge in [-0.25, -0.2) is 9.59 Å². The average molecular weight is 294 g/mol. The van der Waals surface area contributed by atoms with E-state index in [2.05, 4.69) is 24.5 Å². The normalized spacial score (nSPS) is 12.0. The molecule has 0 saturated carbocycles. The Hall–Kier alpha value is -2.24. The van der Waals surface area contributed by atoms with Crippen molar-refractivity contribution in [2.24, 2.45) is 5.92 Å². The van der Waals surface area contributed by atoms with Crippen molar-refractivity contribution in [3.63, 3.8) is 0 Å². The molecule has 4 N–H and O–H groups in total. The van der Waals surface area contributed by atoms with Crippen LogP contribution in [-0.2, 0) is 0 Å². The average Bonchev–Trinajstić information content (AvgIpc) is 2.35. The molecule has 0 radical (unpaired) electrons. The maximum absolute atomic E-state index is 11.8. The Kier molecular flexibility index (Phi) is 6.02. The molecule has 21 heavy (non-hydrogen) atoms. The molecule has 2 amide bonds. The van der Waals surface area contributed by atoms with Gasteiger partial charge in [0.25, 0.3) is 0 Å². The molecule has 0 aliphatic carbocycles. The van der Waals surface area contributed by atoms with Crippen molar-refractivity contribution < 1.29 is 19.8 Å². The van der Waals surface area contributed by atoms with Gasteiger partial charge in [0.05, 0.1) is 0 Å². The summed E-state index contributed by atoms with van der Waals surface area (Å²) < 4.78 is 0. The first-order valence-corrected chi connectivity index (χ1v) is 6.93. The van der Waals surface area contributed by atoms with Crippen molar-refractivity contribution in [3.05, 3.63) is 23.8 Å². The molecule has 0 aliphatic rings. The smallest absolute Gasteiger partial charge is 0.339 e. The highest BCUT2D eigenvalue weighted by atomic mass is 16.4. The van der Waals surface area contributed by atoms with Crippen molar-refractivity contribution in [1.82, 2.24) is 5.32 Å². The fraction of sp³-hybridized carbons (Fsp3) is 0.467. The minimum atomic E-state index is -1.22. The van der Waals surface area contributed by atoms with Crippen LogP contribution in [0.15, 0.2) is 18.2 Å². The molecule has 1 rings (SSSR count). The lowest BCUT2D eigenvalue weighted by Gasteiger charge is -2.16. The number of nitrogens with one attached hydrogen (secondary N) is 2. The van der Waals surface area contributed by atoms with Crippen LogP contribution in [0.25, 0.3) is 0 Å². The molecule has 0 heterocycles. The van der Waals surface area contributed by atoms with Crippen LogP contribution in [0.5, 0.6) is 5.75 Å². The van der Waals surface area contributed by atoms with Gasteiger partial charge in [-0.3, -0.25) is 0 Å². The lowest BCUT2D eigenvalue weighted by atomic mass is 10.0. The van der Waals surface area contributed by atoms with Crippen LogP contribution in [-0.4, -0.2) is 28.3 Å². The lowest BCUT2D eigenvalue weighted by Crippen LogP contribution is -2.36. The zero-order valence-electron chi connectivity index (χ0n) is 12.5. The van der Waals surface area contributed by atoms with E-state index in [1.807, 2.05) is 6.92 Å². The van der Waals surface area contributed by atoms with Gasteiger partial charge in [0, 0.05) is 17.8 Å². The van der Waals surface area contributed by atoms with Crippen LogP contribution in [0.3, 0.4) is 0 Å². The second kappa shape index (κ2) is 7.52. The first-order valence-electron chi connectivity index (χ1n) is 6.93. The first-order chi connectivity index (χ1) is 9.79. The number of carboxylic acid groups (broad SMARTS) is 1. The predicted octanol–water partition coefficient (Wildman–Crippen LogP) is 3.04. The second-order valence-corrected chi connectivity index (χ2v) is 5.51. The molecular formula is C15H22N2O4. The third-order valence-electron chi connectivity index (χ3n) is 3.04. The molecular weight excluding hydrogens is 272 g/mol. The number of carbonyl (C=O) groups excluding carboxylic acids is 1. The second-order valence-electron chi connectivity index (χ2n) is 5.51. The highest BCUT2D eigenvalue weighted by Gasteiger charge is 2.12. The van der Waals surface area contributed by atoms with Crippen LogP contribution < -0.4 is 10.6 Å². The number of hydrogen-bond acceptors (Lipinski definition) is 3. The number of urea groups is 1. The number of benzene rings is 1. The molecule has 1 aromatic carbocycles. The molecule has 0 saturated heterocycles. The van der Waals surface area contributed by atoms with E-state index in [0.29, 0.717) is 11.6 Å². The third kappa shape index (κ3) is 5.72. The van der Waals surface area contributed by atoms with Crippen molar-refractivity contribution in [2.45, 2.75) is 39.7 Å². The molecule has 116 valence electrons. The molecule has 1 atom stereocenters. The molecule has 0 aliphatic heterocycles. The van der Waals surface area contributed by atoms with E-state index in [9.17, 15) is 14.7 Å². The summed E-state index contributed by atoms with van der Waals surface area (Å²) in [6.45, 7) is 6.17. The van der Waals surface area contributed by atoms with E-state index in [1.165, 1.54) is 18.2 Å². The number of rotatable bonds is 6. The number of anilines is 1. The third-order valence-corrected chi connectivity index (χ3v) is 3.04. The summed E-state index contributed by atoms with van der Waals surface area (Å²) in [6.07, 6.45) is 1.91. The number of aromatic carboxylic acids is 1. The Labute approximate surface area is 124 Å². The van der Waals surface area contributed by atoms with Gasteiger partial charge < -0.3 is 20.8 Å². The van der Waals surface area contributed by atoms with Gasteiger partial charge in [-0.05, 0) is 37.8 Å². The summed E-state index contributed by atoms with van der Waals surface area (Å²) in [4.78, 5) is 22.5. The molecule has 0 aromatic heterocycles. The zero-order valence-corrected chi connectivity index (χ0v) is 12.5. The van der Waals surface area contributed by atoms with Gasteiger partial charge in [0.2, 0.25) is 0 Å². The van der Waals surface area contributed by atoms with Gasteiger partial charge in [0.15, 0.2) is 0 Å². The first kappa shape index (κ1) is 16.8. The van der Waals surface area contributed by atoms with Crippen LogP contribution in [0.2, 0.25) is 0 Å². The van der Waals surface area contributed by atoms with Gasteiger partial charge in [-0.15, -0.1) is 0 Å².